The highest BCUT2D eigenvalue weighted by atomic mass is 35.5. The zero-order valence-corrected chi connectivity index (χ0v) is 13.7. The molecule has 3 rings (SSSR count). The summed E-state index contributed by atoms with van der Waals surface area (Å²) in [4.78, 5) is 14.9. The van der Waals surface area contributed by atoms with Crippen molar-refractivity contribution in [1.82, 2.24) is 10.3 Å². The Morgan fingerprint density at radius 3 is 2.95 bits per heavy atom. The molecule has 0 bridgehead atoms. The average Bonchev–Trinajstić information content (AvgIpc) is 2.96. The number of benzene rings is 1. The monoisotopic (exact) mass is 336 g/mol. The third-order valence-electron chi connectivity index (χ3n) is 3.41. The Kier molecular flexibility index (Phi) is 5.24. The molecule has 0 amide bonds. The van der Waals surface area contributed by atoms with Crippen LogP contribution in [0, 0.1) is 0 Å². The third-order valence-corrected chi connectivity index (χ3v) is 4.32. The maximum atomic E-state index is 12.0. The number of hydrogen-bond donors (Lipinski definition) is 3. The molecule has 0 aliphatic rings. The zero-order valence-electron chi connectivity index (χ0n) is 12.1. The van der Waals surface area contributed by atoms with Gasteiger partial charge in [-0.05, 0) is 30.1 Å². The first-order chi connectivity index (χ1) is 10.2. The smallest absolute Gasteiger partial charge is 0.266 e. The molecule has 1 aromatic carbocycles. The highest BCUT2D eigenvalue weighted by molar-refractivity contribution is 7.17. The van der Waals surface area contributed by atoms with Crippen molar-refractivity contribution in [2.75, 3.05) is 13.1 Å². The number of halogens is 1. The molecule has 116 valence electrons. The minimum Gasteiger partial charge on any atom is -0.507 e. The molecule has 0 unspecified atom stereocenters. The summed E-state index contributed by atoms with van der Waals surface area (Å²) in [5.41, 5.74) is 1.40. The number of thiophene rings is 1. The van der Waals surface area contributed by atoms with Crippen LogP contribution in [0.5, 0.6) is 5.75 Å². The van der Waals surface area contributed by atoms with Gasteiger partial charge in [-0.25, -0.2) is 0 Å². The molecule has 0 saturated carbocycles. The largest absolute Gasteiger partial charge is 0.507 e. The summed E-state index contributed by atoms with van der Waals surface area (Å²) < 4.78 is 0.689. The fraction of sp³-hybridized carbons (Fsp3) is 0.188. The van der Waals surface area contributed by atoms with E-state index in [-0.39, 0.29) is 23.7 Å². The number of hydrogen-bond acceptors (Lipinski definition) is 4. The van der Waals surface area contributed by atoms with Crippen molar-refractivity contribution in [1.29, 1.82) is 0 Å². The second-order valence-corrected chi connectivity index (χ2v) is 5.66. The van der Waals surface area contributed by atoms with E-state index in [4.69, 9.17) is 0 Å². The molecule has 0 atom stereocenters. The van der Waals surface area contributed by atoms with E-state index in [1.165, 1.54) is 11.3 Å². The normalized spacial score (nSPS) is 11.3. The lowest BCUT2D eigenvalue weighted by Gasteiger charge is -2.07. The second-order valence-electron chi connectivity index (χ2n) is 4.75. The van der Waals surface area contributed by atoms with Gasteiger partial charge < -0.3 is 15.4 Å². The topological polar surface area (TPSA) is 65.1 Å². The number of aromatic hydroxyl groups is 1. The van der Waals surface area contributed by atoms with E-state index < -0.39 is 0 Å². The molecule has 4 nitrogen and oxygen atoms in total. The first kappa shape index (κ1) is 16.5. The highest BCUT2D eigenvalue weighted by Crippen LogP contribution is 2.33. The zero-order chi connectivity index (χ0) is 14.8. The number of phenolic OH excluding ortho intramolecular Hbond substituents is 1. The molecule has 2 heterocycles. The first-order valence-corrected chi connectivity index (χ1v) is 7.72. The maximum absolute atomic E-state index is 12.0. The summed E-state index contributed by atoms with van der Waals surface area (Å²) in [5, 5.41) is 17.0. The molecule has 2 aromatic heterocycles. The molecule has 0 spiro atoms. The number of aromatic amines is 1. The van der Waals surface area contributed by atoms with Gasteiger partial charge in [0.1, 0.15) is 10.4 Å². The SMILES string of the molecule is CCNC/C=C/c1c(O)ccc2[nH]c(=O)c3sccc3c12.Cl. The van der Waals surface area contributed by atoms with Crippen LogP contribution in [0.1, 0.15) is 12.5 Å². The van der Waals surface area contributed by atoms with E-state index in [0.717, 1.165) is 34.9 Å². The van der Waals surface area contributed by atoms with E-state index in [1.54, 1.807) is 12.1 Å². The van der Waals surface area contributed by atoms with E-state index in [0.29, 0.717) is 4.70 Å². The molecule has 3 aromatic rings. The van der Waals surface area contributed by atoms with Gasteiger partial charge in [-0.3, -0.25) is 4.79 Å². The lowest BCUT2D eigenvalue weighted by molar-refractivity contribution is 0.475. The third kappa shape index (κ3) is 2.88. The summed E-state index contributed by atoms with van der Waals surface area (Å²) in [5.74, 6) is 0.217. The van der Waals surface area contributed by atoms with Crippen LogP contribution in [-0.2, 0) is 0 Å². The summed E-state index contributed by atoms with van der Waals surface area (Å²) in [6.07, 6.45) is 3.87. The van der Waals surface area contributed by atoms with Crippen molar-refractivity contribution >= 4 is 50.8 Å². The van der Waals surface area contributed by atoms with Crippen LogP contribution in [-0.4, -0.2) is 23.2 Å². The average molecular weight is 337 g/mol. The molecule has 0 radical (unpaired) electrons. The van der Waals surface area contributed by atoms with Crippen molar-refractivity contribution in [3.8, 4) is 5.75 Å². The van der Waals surface area contributed by atoms with Crippen molar-refractivity contribution in [3.63, 3.8) is 0 Å². The van der Waals surface area contributed by atoms with Gasteiger partial charge in [0, 0.05) is 28.4 Å². The van der Waals surface area contributed by atoms with Crippen molar-refractivity contribution < 1.29 is 5.11 Å². The van der Waals surface area contributed by atoms with E-state index >= 15 is 0 Å². The second kappa shape index (κ2) is 6.96. The minimum atomic E-state index is -0.0826. The Morgan fingerprint density at radius 1 is 1.36 bits per heavy atom. The van der Waals surface area contributed by atoms with E-state index in [9.17, 15) is 9.90 Å². The van der Waals surface area contributed by atoms with Gasteiger partial charge in [0.15, 0.2) is 0 Å². The van der Waals surface area contributed by atoms with E-state index in [2.05, 4.69) is 10.3 Å². The van der Waals surface area contributed by atoms with Gasteiger partial charge in [0.05, 0.1) is 0 Å². The number of fused-ring (bicyclic) bond motifs is 3. The van der Waals surface area contributed by atoms with Crippen molar-refractivity contribution in [2.45, 2.75) is 6.92 Å². The molecule has 0 saturated heterocycles. The molecule has 0 aliphatic carbocycles. The standard InChI is InChI=1S/C16H16N2O2S.ClH/c1-2-17-8-3-4-10-13(19)6-5-12-14(10)11-7-9-21-15(11)16(20)18-12;/h3-7,9,17,19H,2,8H2,1H3,(H,18,20);1H/b4-3+;. The number of nitrogens with one attached hydrogen (secondary N) is 2. The van der Waals surface area contributed by atoms with Crippen LogP contribution in [0.3, 0.4) is 0 Å². The molecule has 22 heavy (non-hydrogen) atoms. The number of phenols is 1. The van der Waals surface area contributed by atoms with Gasteiger partial charge in [-0.15, -0.1) is 23.7 Å². The Balaban J connectivity index is 0.00000176. The Morgan fingerprint density at radius 2 is 2.18 bits per heavy atom. The van der Waals surface area contributed by atoms with Crippen LogP contribution in [0.15, 0.2) is 34.4 Å². The fourth-order valence-electron chi connectivity index (χ4n) is 2.44. The first-order valence-electron chi connectivity index (χ1n) is 6.84. The molecular formula is C16H17ClN2O2S. The van der Waals surface area contributed by atoms with E-state index in [1.807, 2.05) is 30.5 Å². The van der Waals surface area contributed by atoms with Gasteiger partial charge >= 0.3 is 0 Å². The van der Waals surface area contributed by atoms with Crippen LogP contribution in [0.4, 0.5) is 0 Å². The van der Waals surface area contributed by atoms with Crippen LogP contribution in [0.25, 0.3) is 27.1 Å². The molecule has 6 heteroatoms. The fourth-order valence-corrected chi connectivity index (χ4v) is 3.23. The Bertz CT molecular complexity index is 883. The number of H-pyrrole nitrogens is 1. The quantitative estimate of drug-likeness (QED) is 0.639. The van der Waals surface area contributed by atoms with Gasteiger partial charge in [0.2, 0.25) is 0 Å². The van der Waals surface area contributed by atoms with Gasteiger partial charge in [-0.1, -0.05) is 19.1 Å². The predicted octanol–water partition coefficient (Wildman–Crippen LogP) is 3.49. The van der Waals surface area contributed by atoms with Gasteiger partial charge in [-0.2, -0.15) is 0 Å². The molecule has 0 aliphatic heterocycles. The summed E-state index contributed by atoms with van der Waals surface area (Å²) in [7, 11) is 0. The molecular weight excluding hydrogens is 320 g/mol. The number of likely N-dealkylation sites (N-methyl/N-ethyl adjacent to an activating group) is 1. The number of aromatic nitrogens is 1. The number of rotatable bonds is 4. The van der Waals surface area contributed by atoms with Gasteiger partial charge in [0.25, 0.3) is 5.56 Å². The minimum absolute atomic E-state index is 0. The number of pyridine rings is 1. The lowest BCUT2D eigenvalue weighted by atomic mass is 10.0. The summed E-state index contributed by atoms with van der Waals surface area (Å²) >= 11 is 1.41. The highest BCUT2D eigenvalue weighted by Gasteiger charge is 2.11. The summed E-state index contributed by atoms with van der Waals surface area (Å²) in [6, 6.07) is 5.28. The van der Waals surface area contributed by atoms with Crippen LogP contribution < -0.4 is 10.9 Å². The molecule has 0 fully saturated rings. The Hall–Kier alpha value is -1.82. The summed E-state index contributed by atoms with van der Waals surface area (Å²) in [6.45, 7) is 3.68. The van der Waals surface area contributed by atoms with Crippen LogP contribution in [0.2, 0.25) is 0 Å². The predicted molar refractivity (Wildman–Crippen MR) is 96.4 cm³/mol. The lowest BCUT2D eigenvalue weighted by Crippen LogP contribution is -2.11. The van der Waals surface area contributed by atoms with Crippen molar-refractivity contribution in [2.24, 2.45) is 0 Å². The Labute approximate surface area is 137 Å². The molecule has 3 N–H and O–H groups in total. The maximum Gasteiger partial charge on any atom is 0.266 e. The van der Waals surface area contributed by atoms with Crippen molar-refractivity contribution in [3.05, 3.63) is 45.6 Å². The van der Waals surface area contributed by atoms with Crippen LogP contribution >= 0.6 is 23.7 Å².